The molecule has 0 aliphatic carbocycles. The number of rotatable bonds is 6. The van der Waals surface area contributed by atoms with Gasteiger partial charge in [-0.05, 0) is 59.0 Å². The number of guanidine groups is 1. The van der Waals surface area contributed by atoms with E-state index in [1.807, 2.05) is 29.7 Å². The Morgan fingerprint density at radius 1 is 1.27 bits per heavy atom. The molecule has 0 aliphatic rings. The van der Waals surface area contributed by atoms with Crippen LogP contribution in [0.4, 0.5) is 0 Å². The number of hydrogen-bond donors (Lipinski definition) is 1. The third-order valence-electron chi connectivity index (χ3n) is 3.13. The fraction of sp³-hybridized carbons (Fsp3) is 0.400. The van der Waals surface area contributed by atoms with Crippen molar-refractivity contribution >= 4 is 75.2 Å². The second-order valence-electron chi connectivity index (χ2n) is 4.68. The van der Waals surface area contributed by atoms with Crippen LogP contribution in [0.1, 0.15) is 9.75 Å². The maximum Gasteiger partial charge on any atom is 0.193 e. The maximum absolute atomic E-state index is 4.36. The molecule has 2 heterocycles. The van der Waals surface area contributed by atoms with Gasteiger partial charge in [0.15, 0.2) is 5.96 Å². The standard InChI is InChI=1S/C15H20IN3S2.HI/c1-17-15(18-9-7-13-5-6-14(16)21-13)19(2)10-8-12-4-3-11-20-12;/h3-6,11H,7-10H2,1-2H3,(H,17,18);1H. The molecule has 0 radical (unpaired) electrons. The third kappa shape index (κ3) is 6.71. The Bertz CT molecular complexity index is 567. The maximum atomic E-state index is 4.36. The van der Waals surface area contributed by atoms with Gasteiger partial charge < -0.3 is 10.2 Å². The molecule has 0 saturated carbocycles. The van der Waals surface area contributed by atoms with E-state index in [1.165, 1.54) is 12.6 Å². The zero-order valence-corrected chi connectivity index (χ0v) is 18.8. The molecule has 7 heteroatoms. The van der Waals surface area contributed by atoms with Gasteiger partial charge in [-0.3, -0.25) is 4.99 Å². The van der Waals surface area contributed by atoms with Crippen LogP contribution in [0.3, 0.4) is 0 Å². The van der Waals surface area contributed by atoms with Crippen LogP contribution >= 0.6 is 69.2 Å². The Labute approximate surface area is 171 Å². The summed E-state index contributed by atoms with van der Waals surface area (Å²) >= 11 is 6.04. The molecule has 0 spiro atoms. The largest absolute Gasteiger partial charge is 0.356 e. The third-order valence-corrected chi connectivity index (χ3v) is 6.02. The van der Waals surface area contributed by atoms with Crippen LogP contribution < -0.4 is 5.32 Å². The van der Waals surface area contributed by atoms with Crippen molar-refractivity contribution in [3.05, 3.63) is 42.3 Å². The highest BCUT2D eigenvalue weighted by Gasteiger charge is 2.06. The number of nitrogens with zero attached hydrogens (tertiary/aromatic N) is 2. The Morgan fingerprint density at radius 2 is 2.09 bits per heavy atom. The first kappa shape index (κ1) is 20.2. The molecule has 0 bridgehead atoms. The molecule has 0 atom stereocenters. The highest BCUT2D eigenvalue weighted by atomic mass is 127. The molecule has 22 heavy (non-hydrogen) atoms. The molecule has 0 saturated heterocycles. The molecule has 3 nitrogen and oxygen atoms in total. The van der Waals surface area contributed by atoms with Crippen molar-refractivity contribution in [1.82, 2.24) is 10.2 Å². The zero-order chi connectivity index (χ0) is 15.1. The fourth-order valence-electron chi connectivity index (χ4n) is 2.01. The lowest BCUT2D eigenvalue weighted by molar-refractivity contribution is 0.487. The average Bonchev–Trinajstić information content (AvgIpc) is 3.12. The number of hydrogen-bond acceptors (Lipinski definition) is 3. The lowest BCUT2D eigenvalue weighted by Crippen LogP contribution is -2.40. The highest BCUT2D eigenvalue weighted by Crippen LogP contribution is 2.18. The van der Waals surface area contributed by atoms with E-state index in [0.717, 1.165) is 31.9 Å². The number of nitrogens with one attached hydrogen (secondary N) is 1. The predicted octanol–water partition coefficient (Wildman–Crippen LogP) is 4.32. The van der Waals surface area contributed by atoms with Crippen molar-refractivity contribution in [2.75, 3.05) is 27.2 Å². The van der Waals surface area contributed by atoms with Crippen molar-refractivity contribution in [3.63, 3.8) is 0 Å². The monoisotopic (exact) mass is 561 g/mol. The molecule has 0 aliphatic heterocycles. The van der Waals surface area contributed by atoms with Crippen LogP contribution in [0.5, 0.6) is 0 Å². The summed E-state index contributed by atoms with van der Waals surface area (Å²) in [5, 5.41) is 5.57. The first-order valence-electron chi connectivity index (χ1n) is 6.87. The summed E-state index contributed by atoms with van der Waals surface area (Å²) in [7, 11) is 3.94. The Kier molecular flexibility index (Phi) is 9.92. The van der Waals surface area contributed by atoms with E-state index in [4.69, 9.17) is 0 Å². The molecule has 122 valence electrons. The molecule has 0 amide bonds. The van der Waals surface area contributed by atoms with Crippen molar-refractivity contribution in [2.45, 2.75) is 12.8 Å². The molecular weight excluding hydrogens is 540 g/mol. The van der Waals surface area contributed by atoms with Gasteiger partial charge in [0.25, 0.3) is 0 Å². The van der Waals surface area contributed by atoms with Gasteiger partial charge in [-0.15, -0.1) is 46.7 Å². The number of likely N-dealkylation sites (N-methyl/N-ethyl adjacent to an activating group) is 1. The number of aliphatic imine (C=N–C) groups is 1. The smallest absolute Gasteiger partial charge is 0.193 e. The van der Waals surface area contributed by atoms with Gasteiger partial charge in [0.05, 0.1) is 2.88 Å². The van der Waals surface area contributed by atoms with Crippen molar-refractivity contribution in [3.8, 4) is 0 Å². The topological polar surface area (TPSA) is 27.6 Å². The molecule has 2 rings (SSSR count). The van der Waals surface area contributed by atoms with E-state index in [2.05, 4.69) is 74.5 Å². The summed E-state index contributed by atoms with van der Waals surface area (Å²) in [6.07, 6.45) is 2.11. The lowest BCUT2D eigenvalue weighted by Gasteiger charge is -2.21. The average molecular weight is 561 g/mol. The Morgan fingerprint density at radius 3 is 2.68 bits per heavy atom. The van der Waals surface area contributed by atoms with Crippen LogP contribution in [0.15, 0.2) is 34.6 Å². The van der Waals surface area contributed by atoms with Gasteiger partial charge in [0.1, 0.15) is 0 Å². The Balaban J connectivity index is 0.00000242. The first-order chi connectivity index (χ1) is 10.2. The second-order valence-corrected chi connectivity index (χ2v) is 8.78. The van der Waals surface area contributed by atoms with Gasteiger partial charge in [0, 0.05) is 36.9 Å². The van der Waals surface area contributed by atoms with E-state index < -0.39 is 0 Å². The first-order valence-corrected chi connectivity index (χ1v) is 9.65. The minimum atomic E-state index is 0. The summed E-state index contributed by atoms with van der Waals surface area (Å²) in [5.41, 5.74) is 0. The number of halogens is 2. The summed E-state index contributed by atoms with van der Waals surface area (Å²) in [4.78, 5) is 9.40. The Hall–Kier alpha value is 0.130. The molecule has 0 unspecified atom stereocenters. The normalized spacial score (nSPS) is 11.1. The molecule has 0 fully saturated rings. The number of thiophene rings is 2. The molecule has 2 aromatic heterocycles. The summed E-state index contributed by atoms with van der Waals surface area (Å²) in [5.74, 6) is 0.970. The summed E-state index contributed by atoms with van der Waals surface area (Å²) < 4.78 is 1.35. The minimum absolute atomic E-state index is 0. The van der Waals surface area contributed by atoms with E-state index >= 15 is 0 Å². The van der Waals surface area contributed by atoms with E-state index in [0.29, 0.717) is 0 Å². The predicted molar refractivity (Wildman–Crippen MR) is 118 cm³/mol. The van der Waals surface area contributed by atoms with Crippen molar-refractivity contribution < 1.29 is 0 Å². The van der Waals surface area contributed by atoms with Crippen LogP contribution in [-0.4, -0.2) is 38.0 Å². The van der Waals surface area contributed by atoms with Gasteiger partial charge >= 0.3 is 0 Å². The van der Waals surface area contributed by atoms with Gasteiger partial charge in [0.2, 0.25) is 0 Å². The molecular formula is C15H21I2N3S2. The summed E-state index contributed by atoms with van der Waals surface area (Å²) in [6.45, 7) is 1.91. The SMILES string of the molecule is CN=C(NCCc1ccc(I)s1)N(C)CCc1cccs1.I. The zero-order valence-electron chi connectivity index (χ0n) is 12.7. The van der Waals surface area contributed by atoms with Crippen LogP contribution in [0.2, 0.25) is 0 Å². The van der Waals surface area contributed by atoms with E-state index in [9.17, 15) is 0 Å². The van der Waals surface area contributed by atoms with Gasteiger partial charge in [-0.2, -0.15) is 0 Å². The van der Waals surface area contributed by atoms with Crippen LogP contribution in [0, 0.1) is 2.88 Å². The molecule has 1 N–H and O–H groups in total. The minimum Gasteiger partial charge on any atom is -0.356 e. The van der Waals surface area contributed by atoms with Crippen LogP contribution in [0.25, 0.3) is 0 Å². The second kappa shape index (κ2) is 10.8. The van der Waals surface area contributed by atoms with E-state index in [1.54, 1.807) is 0 Å². The summed E-state index contributed by atoms with van der Waals surface area (Å²) in [6, 6.07) is 8.67. The van der Waals surface area contributed by atoms with Gasteiger partial charge in [-0.25, -0.2) is 0 Å². The molecule has 0 aromatic carbocycles. The van der Waals surface area contributed by atoms with Crippen LogP contribution in [-0.2, 0) is 12.8 Å². The fourth-order valence-corrected chi connectivity index (χ4v) is 4.46. The molecule has 2 aromatic rings. The highest BCUT2D eigenvalue weighted by molar-refractivity contribution is 14.1. The lowest BCUT2D eigenvalue weighted by atomic mass is 10.3. The van der Waals surface area contributed by atoms with Crippen molar-refractivity contribution in [2.24, 2.45) is 4.99 Å². The van der Waals surface area contributed by atoms with Crippen molar-refractivity contribution in [1.29, 1.82) is 0 Å². The van der Waals surface area contributed by atoms with Gasteiger partial charge in [-0.1, -0.05) is 6.07 Å². The quantitative estimate of drug-likeness (QED) is 0.324. The van der Waals surface area contributed by atoms with E-state index in [-0.39, 0.29) is 24.0 Å².